The molecule has 1 aliphatic rings. The minimum atomic E-state index is 0.0718. The minimum absolute atomic E-state index is 0.0718. The standard InChI is InChI=1S/C13H23ClN4O/c1-4-9-13(14)11(18(3)17-9)7-10(16-15)12-6-5-8(2)19-12/h8,10,12,16H,4-7,15H2,1-3H3. The molecule has 0 aromatic carbocycles. The van der Waals surface area contributed by atoms with E-state index in [0.717, 1.165) is 42.1 Å². The highest BCUT2D eigenvalue weighted by atomic mass is 35.5. The second-order valence-corrected chi connectivity index (χ2v) is 5.60. The lowest BCUT2D eigenvalue weighted by Crippen LogP contribution is -2.45. The van der Waals surface area contributed by atoms with Gasteiger partial charge in [-0.3, -0.25) is 16.0 Å². The second-order valence-electron chi connectivity index (χ2n) is 5.22. The van der Waals surface area contributed by atoms with Crippen molar-refractivity contribution in [1.29, 1.82) is 0 Å². The normalized spacial score (nSPS) is 24.9. The number of nitrogens with zero attached hydrogens (tertiary/aromatic N) is 2. The lowest BCUT2D eigenvalue weighted by atomic mass is 10.0. The van der Waals surface area contributed by atoms with Crippen molar-refractivity contribution in [3.05, 3.63) is 16.4 Å². The smallest absolute Gasteiger partial charge is 0.0850 e. The zero-order valence-electron chi connectivity index (χ0n) is 11.8. The number of nitrogens with two attached hydrogens (primary N) is 1. The Hall–Kier alpha value is -0.620. The first kappa shape index (κ1) is 14.8. The summed E-state index contributed by atoms with van der Waals surface area (Å²) in [6, 6.07) is 0.0718. The quantitative estimate of drug-likeness (QED) is 0.637. The number of rotatable bonds is 5. The Bertz CT molecular complexity index is 435. The average molecular weight is 287 g/mol. The molecule has 0 bridgehead atoms. The minimum Gasteiger partial charge on any atom is -0.374 e. The molecule has 0 radical (unpaired) electrons. The van der Waals surface area contributed by atoms with Crippen LogP contribution in [-0.4, -0.2) is 28.0 Å². The molecule has 1 aromatic heterocycles. The number of aryl methyl sites for hydroxylation is 2. The lowest BCUT2D eigenvalue weighted by molar-refractivity contribution is 0.0317. The van der Waals surface area contributed by atoms with E-state index in [1.807, 2.05) is 11.7 Å². The highest BCUT2D eigenvalue weighted by Crippen LogP contribution is 2.26. The molecule has 3 N–H and O–H groups in total. The van der Waals surface area contributed by atoms with Gasteiger partial charge >= 0.3 is 0 Å². The molecular weight excluding hydrogens is 264 g/mol. The van der Waals surface area contributed by atoms with Gasteiger partial charge in [0.1, 0.15) is 0 Å². The first-order valence-corrected chi connectivity index (χ1v) is 7.26. The van der Waals surface area contributed by atoms with Crippen LogP contribution in [0.3, 0.4) is 0 Å². The van der Waals surface area contributed by atoms with Crippen LogP contribution in [0, 0.1) is 0 Å². The van der Waals surface area contributed by atoms with Crippen molar-refractivity contribution in [1.82, 2.24) is 15.2 Å². The van der Waals surface area contributed by atoms with Gasteiger partial charge in [0.15, 0.2) is 0 Å². The molecule has 2 rings (SSSR count). The molecule has 5 nitrogen and oxygen atoms in total. The van der Waals surface area contributed by atoms with Gasteiger partial charge in [0.25, 0.3) is 0 Å². The van der Waals surface area contributed by atoms with E-state index in [9.17, 15) is 0 Å². The van der Waals surface area contributed by atoms with Crippen molar-refractivity contribution < 1.29 is 4.74 Å². The summed E-state index contributed by atoms with van der Waals surface area (Å²) in [7, 11) is 1.92. The van der Waals surface area contributed by atoms with Crippen LogP contribution >= 0.6 is 11.6 Å². The Labute approximate surface area is 119 Å². The Morgan fingerprint density at radius 2 is 2.32 bits per heavy atom. The maximum Gasteiger partial charge on any atom is 0.0850 e. The first-order chi connectivity index (χ1) is 9.06. The predicted molar refractivity (Wildman–Crippen MR) is 76.0 cm³/mol. The second kappa shape index (κ2) is 6.22. The van der Waals surface area contributed by atoms with Crippen molar-refractivity contribution in [2.45, 2.75) is 57.8 Å². The Morgan fingerprint density at radius 3 is 2.79 bits per heavy atom. The van der Waals surface area contributed by atoms with Crippen LogP contribution in [0.1, 0.15) is 38.1 Å². The maximum absolute atomic E-state index is 6.37. The zero-order valence-corrected chi connectivity index (χ0v) is 12.6. The number of hydrogen-bond donors (Lipinski definition) is 2. The maximum atomic E-state index is 6.37. The largest absolute Gasteiger partial charge is 0.374 e. The summed E-state index contributed by atoms with van der Waals surface area (Å²) < 4.78 is 7.74. The molecule has 1 aliphatic heterocycles. The van der Waals surface area contributed by atoms with Crippen LogP contribution in [0.25, 0.3) is 0 Å². The lowest BCUT2D eigenvalue weighted by Gasteiger charge is -2.23. The van der Waals surface area contributed by atoms with Gasteiger partial charge < -0.3 is 4.74 Å². The summed E-state index contributed by atoms with van der Waals surface area (Å²) in [5.41, 5.74) is 4.83. The third-order valence-corrected chi connectivity index (χ3v) is 4.28. The molecule has 6 heteroatoms. The predicted octanol–water partition coefficient (Wildman–Crippen LogP) is 1.58. The molecule has 0 spiro atoms. The molecule has 3 atom stereocenters. The number of nitrogens with one attached hydrogen (secondary N) is 1. The van der Waals surface area contributed by atoms with Crippen LogP contribution < -0.4 is 11.3 Å². The van der Waals surface area contributed by atoms with Crippen LogP contribution in [0.4, 0.5) is 0 Å². The number of aromatic nitrogens is 2. The highest BCUT2D eigenvalue weighted by molar-refractivity contribution is 6.31. The molecular formula is C13H23ClN4O. The summed E-state index contributed by atoms with van der Waals surface area (Å²) in [5, 5.41) is 5.19. The monoisotopic (exact) mass is 286 g/mol. The van der Waals surface area contributed by atoms with Gasteiger partial charge in [0, 0.05) is 13.5 Å². The molecule has 3 unspecified atom stereocenters. The van der Waals surface area contributed by atoms with E-state index in [2.05, 4.69) is 24.4 Å². The molecule has 1 fully saturated rings. The molecule has 2 heterocycles. The molecule has 0 aliphatic carbocycles. The van der Waals surface area contributed by atoms with Crippen LogP contribution in [0.5, 0.6) is 0 Å². The molecule has 19 heavy (non-hydrogen) atoms. The number of hydrazine groups is 1. The number of halogens is 1. The van der Waals surface area contributed by atoms with Crippen LogP contribution in [0.15, 0.2) is 0 Å². The van der Waals surface area contributed by atoms with Crippen LogP contribution in [-0.2, 0) is 24.6 Å². The van der Waals surface area contributed by atoms with E-state index in [4.69, 9.17) is 22.2 Å². The third kappa shape index (κ3) is 3.11. The van der Waals surface area contributed by atoms with Crippen LogP contribution in [0.2, 0.25) is 5.02 Å². The van der Waals surface area contributed by atoms with Gasteiger partial charge in [0.05, 0.1) is 34.7 Å². The molecule has 1 aromatic rings. The van der Waals surface area contributed by atoms with E-state index in [0.29, 0.717) is 6.10 Å². The summed E-state index contributed by atoms with van der Waals surface area (Å²) in [6.45, 7) is 4.15. The van der Waals surface area contributed by atoms with Crippen molar-refractivity contribution in [2.24, 2.45) is 12.9 Å². The Balaban J connectivity index is 2.12. The van der Waals surface area contributed by atoms with E-state index in [-0.39, 0.29) is 12.1 Å². The van der Waals surface area contributed by atoms with Crippen molar-refractivity contribution >= 4 is 11.6 Å². The SMILES string of the molecule is CCc1nn(C)c(CC(NN)C2CCC(C)O2)c1Cl. The molecule has 0 saturated carbocycles. The highest BCUT2D eigenvalue weighted by Gasteiger charge is 2.30. The van der Waals surface area contributed by atoms with Crippen molar-refractivity contribution in [3.8, 4) is 0 Å². The van der Waals surface area contributed by atoms with Crippen molar-refractivity contribution in [3.63, 3.8) is 0 Å². The fourth-order valence-electron chi connectivity index (χ4n) is 2.68. The fraction of sp³-hybridized carbons (Fsp3) is 0.769. The van der Waals surface area contributed by atoms with Gasteiger partial charge in [-0.15, -0.1) is 0 Å². The van der Waals surface area contributed by atoms with Gasteiger partial charge in [-0.05, 0) is 26.2 Å². The Morgan fingerprint density at radius 1 is 1.58 bits per heavy atom. The molecule has 1 saturated heterocycles. The van der Waals surface area contributed by atoms with Gasteiger partial charge in [-0.2, -0.15) is 5.10 Å². The molecule has 0 amide bonds. The molecule has 108 valence electrons. The number of ether oxygens (including phenoxy) is 1. The summed E-state index contributed by atoms with van der Waals surface area (Å²) in [4.78, 5) is 0. The van der Waals surface area contributed by atoms with Crippen molar-refractivity contribution in [2.75, 3.05) is 0 Å². The average Bonchev–Trinajstić information content (AvgIpc) is 2.92. The van der Waals surface area contributed by atoms with E-state index in [1.165, 1.54) is 0 Å². The number of hydrogen-bond acceptors (Lipinski definition) is 4. The fourth-order valence-corrected chi connectivity index (χ4v) is 3.05. The zero-order chi connectivity index (χ0) is 14.0. The van der Waals surface area contributed by atoms with Gasteiger partial charge in [-0.25, -0.2) is 0 Å². The van der Waals surface area contributed by atoms with E-state index in [1.54, 1.807) is 0 Å². The van der Waals surface area contributed by atoms with Gasteiger partial charge in [0.2, 0.25) is 0 Å². The third-order valence-electron chi connectivity index (χ3n) is 3.84. The van der Waals surface area contributed by atoms with E-state index >= 15 is 0 Å². The van der Waals surface area contributed by atoms with Gasteiger partial charge in [-0.1, -0.05) is 18.5 Å². The van der Waals surface area contributed by atoms with E-state index < -0.39 is 0 Å². The first-order valence-electron chi connectivity index (χ1n) is 6.88. The topological polar surface area (TPSA) is 65.1 Å². The summed E-state index contributed by atoms with van der Waals surface area (Å²) in [6.07, 6.45) is 4.15. The Kier molecular flexibility index (Phi) is 4.84. The summed E-state index contributed by atoms with van der Waals surface area (Å²) in [5.74, 6) is 5.68. The summed E-state index contributed by atoms with van der Waals surface area (Å²) >= 11 is 6.37.